The molecule has 2 aromatic rings. The normalized spacial score (nSPS) is 10.4. The van der Waals surface area contributed by atoms with Crippen LogP contribution in [0.2, 0.25) is 0 Å². The fourth-order valence-electron chi connectivity index (χ4n) is 1.24. The number of rotatable bonds is 2. The van der Waals surface area contributed by atoms with Crippen LogP contribution in [0.4, 0.5) is 0 Å². The maximum Gasteiger partial charge on any atom is 0.150 e. The number of nitrogens with one attached hydrogen (secondary N) is 1. The van der Waals surface area contributed by atoms with Crippen LogP contribution in [0.15, 0.2) is 28.9 Å². The summed E-state index contributed by atoms with van der Waals surface area (Å²) in [5.41, 5.74) is 0.881. The van der Waals surface area contributed by atoms with Gasteiger partial charge in [-0.15, -0.1) is 0 Å². The Morgan fingerprint density at radius 1 is 1.57 bits per heavy atom. The highest BCUT2D eigenvalue weighted by Crippen LogP contribution is 2.17. The first kappa shape index (κ1) is 9.15. The minimum absolute atomic E-state index is 0.590. The van der Waals surface area contributed by atoms with Crippen molar-refractivity contribution in [2.75, 3.05) is 0 Å². The molecule has 0 aliphatic heterocycles. The molecule has 14 heavy (non-hydrogen) atoms. The largest absolute Gasteiger partial charge is 0.463 e. The van der Waals surface area contributed by atoms with E-state index < -0.39 is 0 Å². The number of furan rings is 1. The van der Waals surface area contributed by atoms with Crippen LogP contribution in [0.1, 0.15) is 12.7 Å². The number of aromatic amines is 1. The van der Waals surface area contributed by atoms with E-state index in [1.54, 1.807) is 12.3 Å². The smallest absolute Gasteiger partial charge is 0.150 e. The summed E-state index contributed by atoms with van der Waals surface area (Å²) in [6.07, 6.45) is 2.47. The van der Waals surface area contributed by atoms with Crippen LogP contribution in [0, 0.1) is 4.64 Å². The summed E-state index contributed by atoms with van der Waals surface area (Å²) >= 11 is 5.05. The summed E-state index contributed by atoms with van der Waals surface area (Å²) in [5, 5.41) is 0. The van der Waals surface area contributed by atoms with E-state index in [9.17, 15) is 0 Å². The molecule has 0 saturated heterocycles. The lowest BCUT2D eigenvalue weighted by molar-refractivity contribution is 0.579. The van der Waals surface area contributed by atoms with Crippen molar-refractivity contribution in [2.24, 2.45) is 0 Å². The van der Waals surface area contributed by atoms with Crippen molar-refractivity contribution >= 4 is 12.2 Å². The van der Waals surface area contributed by atoms with E-state index in [1.807, 2.05) is 19.1 Å². The molecule has 4 heteroatoms. The first-order valence-corrected chi connectivity index (χ1v) is 4.84. The average molecular weight is 206 g/mol. The van der Waals surface area contributed by atoms with Crippen molar-refractivity contribution in [1.82, 2.24) is 9.97 Å². The van der Waals surface area contributed by atoms with E-state index in [-0.39, 0.29) is 0 Å². The SMILES string of the molecule is CCc1nc(=S)cc(-c2ccco2)[nH]1. The third-order valence-corrected chi connectivity index (χ3v) is 2.12. The van der Waals surface area contributed by atoms with Crippen molar-refractivity contribution in [3.8, 4) is 11.5 Å². The predicted molar refractivity (Wildman–Crippen MR) is 56.5 cm³/mol. The van der Waals surface area contributed by atoms with E-state index in [2.05, 4.69) is 9.97 Å². The zero-order valence-electron chi connectivity index (χ0n) is 7.78. The van der Waals surface area contributed by atoms with Gasteiger partial charge in [0.2, 0.25) is 0 Å². The van der Waals surface area contributed by atoms with Gasteiger partial charge in [-0.1, -0.05) is 19.1 Å². The lowest BCUT2D eigenvalue weighted by atomic mass is 10.3. The minimum atomic E-state index is 0.590. The molecule has 2 rings (SSSR count). The van der Waals surface area contributed by atoms with Gasteiger partial charge in [0.05, 0.1) is 12.0 Å². The molecule has 0 aromatic carbocycles. The van der Waals surface area contributed by atoms with E-state index in [0.29, 0.717) is 4.64 Å². The van der Waals surface area contributed by atoms with Gasteiger partial charge in [0.1, 0.15) is 16.2 Å². The molecule has 1 N–H and O–H groups in total. The van der Waals surface area contributed by atoms with E-state index >= 15 is 0 Å². The number of aryl methyl sites for hydroxylation is 1. The van der Waals surface area contributed by atoms with Crippen molar-refractivity contribution < 1.29 is 4.42 Å². The molecule has 0 bridgehead atoms. The van der Waals surface area contributed by atoms with Crippen LogP contribution in [0.3, 0.4) is 0 Å². The van der Waals surface area contributed by atoms with E-state index in [1.165, 1.54) is 0 Å². The summed E-state index contributed by atoms with van der Waals surface area (Å²) in [6.45, 7) is 2.03. The Balaban J connectivity index is 2.54. The fourth-order valence-corrected chi connectivity index (χ4v) is 1.47. The second-order valence-corrected chi connectivity index (χ2v) is 3.33. The Hall–Kier alpha value is -1.42. The zero-order chi connectivity index (χ0) is 9.97. The lowest BCUT2D eigenvalue weighted by Crippen LogP contribution is -1.94. The van der Waals surface area contributed by atoms with Crippen LogP contribution in [0.5, 0.6) is 0 Å². The molecule has 0 unspecified atom stereocenters. The van der Waals surface area contributed by atoms with Crippen molar-refractivity contribution in [2.45, 2.75) is 13.3 Å². The quantitative estimate of drug-likeness (QED) is 0.768. The number of hydrogen-bond acceptors (Lipinski definition) is 3. The molecule has 0 fully saturated rings. The highest BCUT2D eigenvalue weighted by Gasteiger charge is 2.02. The van der Waals surface area contributed by atoms with Crippen molar-refractivity contribution in [1.29, 1.82) is 0 Å². The van der Waals surface area contributed by atoms with E-state index in [4.69, 9.17) is 16.6 Å². The van der Waals surface area contributed by atoms with Gasteiger partial charge in [0, 0.05) is 12.5 Å². The molecule has 0 radical (unpaired) electrons. The van der Waals surface area contributed by atoms with Crippen LogP contribution >= 0.6 is 12.2 Å². The number of aromatic nitrogens is 2. The molecular formula is C10H10N2OS. The summed E-state index contributed by atoms with van der Waals surface area (Å²) in [6, 6.07) is 5.53. The van der Waals surface area contributed by atoms with Gasteiger partial charge in [0.15, 0.2) is 0 Å². The Kier molecular flexibility index (Phi) is 2.45. The molecule has 3 nitrogen and oxygen atoms in total. The molecule has 0 aliphatic carbocycles. The summed E-state index contributed by atoms with van der Waals surface area (Å²) in [4.78, 5) is 7.35. The van der Waals surface area contributed by atoms with E-state index in [0.717, 1.165) is 23.7 Å². The van der Waals surface area contributed by atoms with Crippen molar-refractivity contribution in [3.05, 3.63) is 34.9 Å². The average Bonchev–Trinajstić information content (AvgIpc) is 2.69. The first-order chi connectivity index (χ1) is 6.79. The fraction of sp³-hybridized carbons (Fsp3) is 0.200. The zero-order valence-corrected chi connectivity index (χ0v) is 8.60. The lowest BCUT2D eigenvalue weighted by Gasteiger charge is -2.00. The topological polar surface area (TPSA) is 41.8 Å². The molecule has 0 atom stereocenters. The molecule has 2 aromatic heterocycles. The highest BCUT2D eigenvalue weighted by molar-refractivity contribution is 7.71. The summed E-state index contributed by atoms with van der Waals surface area (Å²) in [7, 11) is 0. The van der Waals surface area contributed by atoms with Gasteiger partial charge in [-0.3, -0.25) is 0 Å². The Labute approximate surface area is 86.8 Å². The van der Waals surface area contributed by atoms with Gasteiger partial charge >= 0.3 is 0 Å². The Morgan fingerprint density at radius 2 is 2.43 bits per heavy atom. The van der Waals surface area contributed by atoms with Crippen LogP contribution < -0.4 is 0 Å². The monoisotopic (exact) mass is 206 g/mol. The van der Waals surface area contributed by atoms with Gasteiger partial charge < -0.3 is 9.40 Å². The number of hydrogen-bond donors (Lipinski definition) is 1. The van der Waals surface area contributed by atoms with Crippen LogP contribution in [-0.4, -0.2) is 9.97 Å². The summed E-state index contributed by atoms with van der Waals surface area (Å²) < 4.78 is 5.86. The van der Waals surface area contributed by atoms with Gasteiger partial charge in [-0.2, -0.15) is 0 Å². The van der Waals surface area contributed by atoms with Crippen LogP contribution in [-0.2, 0) is 6.42 Å². The highest BCUT2D eigenvalue weighted by atomic mass is 32.1. The third kappa shape index (κ3) is 1.75. The van der Waals surface area contributed by atoms with Gasteiger partial charge in [0.25, 0.3) is 0 Å². The maximum absolute atomic E-state index is 5.27. The molecule has 0 aliphatic rings. The first-order valence-electron chi connectivity index (χ1n) is 4.43. The molecular weight excluding hydrogens is 196 g/mol. The summed E-state index contributed by atoms with van der Waals surface area (Å²) in [5.74, 6) is 1.66. The molecule has 2 heterocycles. The van der Waals surface area contributed by atoms with Gasteiger partial charge in [-0.05, 0) is 12.1 Å². The molecule has 0 spiro atoms. The Morgan fingerprint density at radius 3 is 3.07 bits per heavy atom. The molecule has 0 amide bonds. The van der Waals surface area contributed by atoms with Gasteiger partial charge in [-0.25, -0.2) is 4.98 Å². The van der Waals surface area contributed by atoms with Crippen molar-refractivity contribution in [3.63, 3.8) is 0 Å². The second kappa shape index (κ2) is 3.75. The number of H-pyrrole nitrogens is 1. The second-order valence-electron chi connectivity index (χ2n) is 2.91. The predicted octanol–water partition coefficient (Wildman–Crippen LogP) is 2.96. The molecule has 72 valence electrons. The number of nitrogens with zero attached hydrogens (tertiary/aromatic N) is 1. The maximum atomic E-state index is 5.27. The molecule has 0 saturated carbocycles. The van der Waals surface area contributed by atoms with Crippen LogP contribution in [0.25, 0.3) is 11.5 Å². The third-order valence-electron chi connectivity index (χ3n) is 1.91. The standard InChI is InChI=1S/C10H10N2OS/c1-2-9-11-7(6-10(14)12-9)8-4-3-5-13-8/h3-6H,2H2,1H3,(H,11,12,14). The Bertz CT molecular complexity index is 473. The minimum Gasteiger partial charge on any atom is -0.463 e.